The van der Waals surface area contributed by atoms with Gasteiger partial charge in [0.05, 0.1) is 19.3 Å². The van der Waals surface area contributed by atoms with E-state index >= 15 is 0 Å². The van der Waals surface area contributed by atoms with Crippen molar-refractivity contribution in [2.75, 3.05) is 20.2 Å². The monoisotopic (exact) mass is 594 g/mol. The van der Waals surface area contributed by atoms with Crippen LogP contribution in [0.3, 0.4) is 0 Å². The van der Waals surface area contributed by atoms with Crippen molar-refractivity contribution >= 4 is 17.1 Å². The summed E-state index contributed by atoms with van der Waals surface area (Å²) >= 11 is 0. The second-order valence-corrected chi connectivity index (χ2v) is 11.4. The van der Waals surface area contributed by atoms with Crippen LogP contribution < -0.4 is 4.74 Å². The van der Waals surface area contributed by atoms with Crippen LogP contribution in [0.2, 0.25) is 0 Å². The number of methoxy groups -OCH3 is 1. The van der Waals surface area contributed by atoms with Gasteiger partial charge in [0.25, 0.3) is 0 Å². The minimum Gasteiger partial charge on any atom is -0.468 e. The van der Waals surface area contributed by atoms with Gasteiger partial charge in [-0.1, -0.05) is 6.07 Å². The molecule has 2 aliphatic rings. The Balaban J connectivity index is 1.32. The summed E-state index contributed by atoms with van der Waals surface area (Å²) in [5.41, 5.74) is 4.62. The maximum atomic E-state index is 13.4. The molecule has 4 aromatic rings. The minimum atomic E-state index is -3.02. The maximum absolute atomic E-state index is 13.4. The SMILES string of the molecule is COC(=O)[C@@H]1CCCN1Cc1cc2nc(-c3cccc(-c4nc(C)c(CN5CCCC5C)o4)c3C)oc2cc1OC(F)F. The van der Waals surface area contributed by atoms with Crippen LogP contribution in [0.15, 0.2) is 39.2 Å². The second-order valence-electron chi connectivity index (χ2n) is 11.4. The number of fused-ring (bicyclic) bond motifs is 1. The van der Waals surface area contributed by atoms with Crippen LogP contribution in [0, 0.1) is 13.8 Å². The number of hydrogen-bond donors (Lipinski definition) is 0. The predicted octanol–water partition coefficient (Wildman–Crippen LogP) is 6.49. The van der Waals surface area contributed by atoms with Gasteiger partial charge in [0.1, 0.15) is 23.1 Å². The zero-order valence-electron chi connectivity index (χ0n) is 24.9. The fraction of sp³-hybridized carbons (Fsp3) is 0.469. The van der Waals surface area contributed by atoms with E-state index in [1.54, 1.807) is 6.07 Å². The van der Waals surface area contributed by atoms with E-state index in [1.807, 2.05) is 36.9 Å². The summed E-state index contributed by atoms with van der Waals surface area (Å²) in [7, 11) is 1.35. The van der Waals surface area contributed by atoms with E-state index in [4.69, 9.17) is 28.3 Å². The third kappa shape index (κ3) is 5.88. The molecule has 2 aromatic carbocycles. The van der Waals surface area contributed by atoms with Gasteiger partial charge in [-0.2, -0.15) is 8.78 Å². The molecule has 0 saturated carbocycles. The molecule has 2 aliphatic heterocycles. The number of halogens is 2. The van der Waals surface area contributed by atoms with Crippen LogP contribution >= 0.6 is 0 Å². The van der Waals surface area contributed by atoms with Gasteiger partial charge in [-0.05, 0) is 83.3 Å². The molecule has 0 bridgehead atoms. The first-order chi connectivity index (χ1) is 20.7. The van der Waals surface area contributed by atoms with Crippen LogP contribution in [0.4, 0.5) is 8.78 Å². The van der Waals surface area contributed by atoms with Crippen molar-refractivity contribution in [1.82, 2.24) is 19.8 Å². The molecule has 2 saturated heterocycles. The molecule has 1 unspecified atom stereocenters. The van der Waals surface area contributed by atoms with Crippen LogP contribution in [0.1, 0.15) is 55.2 Å². The van der Waals surface area contributed by atoms with Gasteiger partial charge in [0.15, 0.2) is 5.58 Å². The lowest BCUT2D eigenvalue weighted by molar-refractivity contribution is -0.146. The summed E-state index contributed by atoms with van der Waals surface area (Å²) in [5.74, 6) is 1.39. The molecule has 228 valence electrons. The summed E-state index contributed by atoms with van der Waals surface area (Å²) in [5, 5.41) is 0. The van der Waals surface area contributed by atoms with Gasteiger partial charge in [0, 0.05) is 35.3 Å². The van der Waals surface area contributed by atoms with Crippen molar-refractivity contribution in [2.24, 2.45) is 0 Å². The molecule has 6 rings (SSSR count). The first kappa shape index (κ1) is 29.3. The number of aryl methyl sites for hydroxylation is 1. The number of ether oxygens (including phenoxy) is 2. The molecule has 2 aromatic heterocycles. The van der Waals surface area contributed by atoms with Gasteiger partial charge in [-0.25, -0.2) is 9.97 Å². The summed E-state index contributed by atoms with van der Waals surface area (Å²) < 4.78 is 49.0. The molecular weight excluding hydrogens is 558 g/mol. The lowest BCUT2D eigenvalue weighted by Crippen LogP contribution is -2.36. The number of aromatic nitrogens is 2. The normalized spacial score (nSPS) is 19.6. The number of nitrogens with zero attached hydrogens (tertiary/aromatic N) is 4. The van der Waals surface area contributed by atoms with Crippen molar-refractivity contribution in [3.05, 3.63) is 52.9 Å². The maximum Gasteiger partial charge on any atom is 0.387 e. The van der Waals surface area contributed by atoms with E-state index in [9.17, 15) is 13.6 Å². The standard InChI is InChI=1S/C32H36F2N4O5/c1-18-8-6-12-37(18)17-28-20(3)35-29(42-28)22-9-5-10-23(19(22)2)30-36-24-14-21(26(43-32(33)34)15-27(24)41-30)16-38-13-7-11-25(38)31(39)40-4/h5,9-10,14-15,18,25,32H,6-8,11-13,16-17H2,1-4H3/t18?,25-/m0/s1. The minimum absolute atomic E-state index is 0.0127. The molecule has 4 heterocycles. The van der Waals surface area contributed by atoms with Crippen molar-refractivity contribution in [2.45, 2.75) is 78.2 Å². The number of benzene rings is 2. The lowest BCUT2D eigenvalue weighted by atomic mass is 10.0. The van der Waals surface area contributed by atoms with Crippen LogP contribution in [0.25, 0.3) is 34.0 Å². The number of alkyl halides is 2. The highest BCUT2D eigenvalue weighted by molar-refractivity contribution is 5.81. The van der Waals surface area contributed by atoms with E-state index in [0.717, 1.165) is 47.7 Å². The van der Waals surface area contributed by atoms with E-state index in [-0.39, 0.29) is 18.3 Å². The third-order valence-electron chi connectivity index (χ3n) is 8.72. The third-order valence-corrected chi connectivity index (χ3v) is 8.72. The van der Waals surface area contributed by atoms with E-state index in [2.05, 4.69) is 11.8 Å². The molecule has 9 nitrogen and oxygen atoms in total. The van der Waals surface area contributed by atoms with Gasteiger partial charge < -0.3 is 18.3 Å². The van der Waals surface area contributed by atoms with E-state index in [1.165, 1.54) is 26.0 Å². The number of hydrogen-bond acceptors (Lipinski definition) is 9. The van der Waals surface area contributed by atoms with Crippen LogP contribution in [0.5, 0.6) is 5.75 Å². The molecule has 2 fully saturated rings. The topological polar surface area (TPSA) is 94.1 Å². The highest BCUT2D eigenvalue weighted by Gasteiger charge is 2.32. The summed E-state index contributed by atoms with van der Waals surface area (Å²) in [6, 6.07) is 8.97. The lowest BCUT2D eigenvalue weighted by Gasteiger charge is -2.23. The second kappa shape index (κ2) is 12.0. The average molecular weight is 595 g/mol. The zero-order valence-corrected chi connectivity index (χ0v) is 24.9. The van der Waals surface area contributed by atoms with Crippen molar-refractivity contribution in [3.8, 4) is 28.7 Å². The summed E-state index contributed by atoms with van der Waals surface area (Å²) in [6.07, 6.45) is 3.83. The first-order valence-corrected chi connectivity index (χ1v) is 14.7. The molecule has 11 heteroatoms. The van der Waals surface area contributed by atoms with Gasteiger partial charge in [0.2, 0.25) is 11.8 Å². The average Bonchev–Trinajstić information content (AvgIpc) is 3.77. The Morgan fingerprint density at radius 1 is 1.02 bits per heavy atom. The van der Waals surface area contributed by atoms with Crippen molar-refractivity contribution in [3.63, 3.8) is 0 Å². The van der Waals surface area contributed by atoms with Crippen LogP contribution in [-0.4, -0.2) is 64.6 Å². The number of carbonyl (C=O) groups is 1. The van der Waals surface area contributed by atoms with Crippen molar-refractivity contribution in [1.29, 1.82) is 0 Å². The van der Waals surface area contributed by atoms with Crippen molar-refractivity contribution < 1.29 is 31.9 Å². The number of likely N-dealkylation sites (tertiary alicyclic amines) is 2. The van der Waals surface area contributed by atoms with Crippen LogP contribution in [-0.2, 0) is 22.6 Å². The smallest absolute Gasteiger partial charge is 0.387 e. The fourth-order valence-electron chi connectivity index (χ4n) is 6.28. The first-order valence-electron chi connectivity index (χ1n) is 14.7. The largest absolute Gasteiger partial charge is 0.468 e. The molecule has 43 heavy (non-hydrogen) atoms. The Morgan fingerprint density at radius 3 is 2.44 bits per heavy atom. The number of esters is 1. The highest BCUT2D eigenvalue weighted by Crippen LogP contribution is 2.37. The molecule has 0 amide bonds. The van der Waals surface area contributed by atoms with Gasteiger partial charge in [-0.15, -0.1) is 0 Å². The van der Waals surface area contributed by atoms with Gasteiger partial charge in [-0.3, -0.25) is 14.6 Å². The molecule has 0 radical (unpaired) electrons. The number of oxazole rings is 2. The Bertz CT molecular complexity index is 1630. The number of carbonyl (C=O) groups excluding carboxylic acids is 1. The summed E-state index contributed by atoms with van der Waals surface area (Å²) in [6.45, 7) is 5.80. The number of rotatable bonds is 9. The predicted molar refractivity (Wildman–Crippen MR) is 156 cm³/mol. The van der Waals surface area contributed by atoms with E-state index < -0.39 is 12.7 Å². The molecule has 0 spiro atoms. The Morgan fingerprint density at radius 2 is 1.74 bits per heavy atom. The summed E-state index contributed by atoms with van der Waals surface area (Å²) in [4.78, 5) is 26.1. The van der Waals surface area contributed by atoms with E-state index in [0.29, 0.717) is 47.5 Å². The molecule has 2 atom stereocenters. The fourth-order valence-corrected chi connectivity index (χ4v) is 6.28. The zero-order chi connectivity index (χ0) is 30.2. The Kier molecular flexibility index (Phi) is 8.19. The molecular formula is C32H36F2N4O5. The Hall–Kier alpha value is -3.83. The highest BCUT2D eigenvalue weighted by atomic mass is 19.3. The van der Waals surface area contributed by atoms with Gasteiger partial charge >= 0.3 is 12.6 Å². The quantitative estimate of drug-likeness (QED) is 0.202. The Labute approximate surface area is 248 Å². The molecule has 0 aliphatic carbocycles. The molecule has 0 N–H and O–H groups in total.